The van der Waals surface area contributed by atoms with Gasteiger partial charge in [0.1, 0.15) is 0 Å². The molecule has 6 nitrogen and oxygen atoms in total. The average Bonchev–Trinajstić information content (AvgIpc) is 3.04. The van der Waals surface area contributed by atoms with E-state index in [2.05, 4.69) is 0 Å². The zero-order valence-electron chi connectivity index (χ0n) is 15.0. The topological polar surface area (TPSA) is 89.9 Å². The van der Waals surface area contributed by atoms with E-state index in [1.165, 1.54) is 0 Å². The third kappa shape index (κ3) is 6.55. The number of aliphatic carboxylic acids is 1. The van der Waals surface area contributed by atoms with Gasteiger partial charge in [-0.2, -0.15) is 8.42 Å². The number of hydrogen-bond donors (Lipinski definition) is 1. The van der Waals surface area contributed by atoms with Gasteiger partial charge in [0.25, 0.3) is 10.1 Å². The van der Waals surface area contributed by atoms with E-state index in [0.717, 1.165) is 18.4 Å². The quantitative estimate of drug-likeness (QED) is 0.380. The average molecular weight is 382 g/mol. The highest BCUT2D eigenvalue weighted by atomic mass is 32.2. The Bertz CT molecular complexity index is 708. The van der Waals surface area contributed by atoms with Crippen molar-refractivity contribution in [3.8, 4) is 0 Å². The molecule has 7 heteroatoms. The Morgan fingerprint density at radius 3 is 2.62 bits per heavy atom. The molecule has 1 fully saturated rings. The van der Waals surface area contributed by atoms with Crippen molar-refractivity contribution in [3.05, 3.63) is 42.0 Å². The van der Waals surface area contributed by atoms with Gasteiger partial charge in [-0.25, -0.2) is 0 Å². The monoisotopic (exact) mass is 382 g/mol. The smallest absolute Gasteiger partial charge is 0.303 e. The molecule has 1 aromatic rings. The lowest BCUT2D eigenvalue weighted by molar-refractivity contribution is -0.137. The van der Waals surface area contributed by atoms with E-state index < -0.39 is 16.1 Å². The number of carboxylic acid groups (broad SMARTS) is 1. The van der Waals surface area contributed by atoms with Crippen LogP contribution in [0.4, 0.5) is 0 Å². The molecule has 0 aliphatic carbocycles. The summed E-state index contributed by atoms with van der Waals surface area (Å²) in [5.41, 5.74) is 0.989. The lowest BCUT2D eigenvalue weighted by atomic mass is 9.93. The molecular formula is C19H26O6S. The van der Waals surface area contributed by atoms with Gasteiger partial charge < -0.3 is 9.84 Å². The van der Waals surface area contributed by atoms with E-state index in [0.29, 0.717) is 19.6 Å². The molecular weight excluding hydrogens is 356 g/mol. The Balaban J connectivity index is 1.80. The Kier molecular flexibility index (Phi) is 7.81. The van der Waals surface area contributed by atoms with E-state index in [1.807, 2.05) is 19.1 Å². The predicted molar refractivity (Wildman–Crippen MR) is 97.4 cm³/mol. The Hall–Kier alpha value is -1.70. The minimum atomic E-state index is -3.76. The molecule has 0 saturated carbocycles. The third-order valence-electron chi connectivity index (χ3n) is 4.44. The SMILES string of the molecule is Cc1ccc(S(=O)(=O)OC[C@H]2COC[C@H]2CC=CCCCC(=O)O)cc1. The van der Waals surface area contributed by atoms with Gasteiger partial charge in [-0.1, -0.05) is 29.8 Å². The zero-order valence-corrected chi connectivity index (χ0v) is 15.8. The van der Waals surface area contributed by atoms with Crippen LogP contribution in [0.2, 0.25) is 0 Å². The second-order valence-corrected chi connectivity index (χ2v) is 8.22. The molecule has 1 saturated heterocycles. The Labute approximate surface area is 154 Å². The molecule has 0 bridgehead atoms. The molecule has 26 heavy (non-hydrogen) atoms. The second kappa shape index (κ2) is 9.85. The van der Waals surface area contributed by atoms with Crippen LogP contribution < -0.4 is 0 Å². The van der Waals surface area contributed by atoms with E-state index in [9.17, 15) is 13.2 Å². The van der Waals surface area contributed by atoms with Gasteiger partial charge in [-0.3, -0.25) is 8.98 Å². The predicted octanol–water partition coefficient (Wildman–Crippen LogP) is 3.16. The number of carboxylic acids is 1. The van der Waals surface area contributed by atoms with E-state index in [-0.39, 0.29) is 29.8 Å². The van der Waals surface area contributed by atoms with E-state index >= 15 is 0 Å². The van der Waals surface area contributed by atoms with Crippen molar-refractivity contribution in [2.45, 2.75) is 37.5 Å². The van der Waals surface area contributed by atoms with Gasteiger partial charge in [0.05, 0.1) is 24.7 Å². The highest BCUT2D eigenvalue weighted by Gasteiger charge is 2.29. The highest BCUT2D eigenvalue weighted by molar-refractivity contribution is 7.86. The van der Waals surface area contributed by atoms with Crippen molar-refractivity contribution in [3.63, 3.8) is 0 Å². The van der Waals surface area contributed by atoms with E-state index in [1.54, 1.807) is 24.3 Å². The molecule has 1 aliphatic rings. The largest absolute Gasteiger partial charge is 0.481 e. The van der Waals surface area contributed by atoms with Gasteiger partial charge in [0.15, 0.2) is 0 Å². The van der Waals surface area contributed by atoms with Crippen LogP contribution in [0.25, 0.3) is 0 Å². The zero-order chi connectivity index (χ0) is 19.0. The fourth-order valence-corrected chi connectivity index (χ4v) is 3.76. The van der Waals surface area contributed by atoms with Gasteiger partial charge in [0.2, 0.25) is 0 Å². The number of hydrogen-bond acceptors (Lipinski definition) is 5. The van der Waals surface area contributed by atoms with Crippen LogP contribution in [0.15, 0.2) is 41.3 Å². The minimum absolute atomic E-state index is 0.0268. The van der Waals surface area contributed by atoms with Crippen LogP contribution in [0.3, 0.4) is 0 Å². The molecule has 0 aromatic heterocycles. The Morgan fingerprint density at radius 2 is 1.92 bits per heavy atom. The van der Waals surface area contributed by atoms with Crippen LogP contribution in [-0.2, 0) is 23.8 Å². The molecule has 2 atom stereocenters. The van der Waals surface area contributed by atoms with Gasteiger partial charge in [-0.05, 0) is 44.2 Å². The lowest BCUT2D eigenvalue weighted by Crippen LogP contribution is -2.20. The second-order valence-electron chi connectivity index (χ2n) is 6.60. The number of aryl methyl sites for hydroxylation is 1. The standard InChI is InChI=1S/C19H26O6S/c1-15-8-10-18(11-9-15)26(22,23)25-14-17-13-24-12-16(17)6-4-2-3-5-7-19(20)21/h2,4,8-11,16-17H,3,5-7,12-14H2,1H3,(H,20,21)/t16-,17-/m1/s1. The normalized spacial score (nSPS) is 20.7. The summed E-state index contributed by atoms with van der Waals surface area (Å²) in [6, 6.07) is 6.58. The number of rotatable bonds is 10. The third-order valence-corrected chi connectivity index (χ3v) is 5.74. The van der Waals surface area contributed by atoms with Crippen molar-refractivity contribution < 1.29 is 27.2 Å². The number of unbranched alkanes of at least 4 members (excludes halogenated alkanes) is 1. The number of carbonyl (C=O) groups is 1. The first kappa shape index (κ1) is 20.6. The summed E-state index contributed by atoms with van der Waals surface area (Å²) in [4.78, 5) is 10.6. The summed E-state index contributed by atoms with van der Waals surface area (Å²) >= 11 is 0. The molecule has 1 aromatic carbocycles. The summed E-state index contributed by atoms with van der Waals surface area (Å²) in [6.07, 6.45) is 6.28. The number of benzene rings is 1. The van der Waals surface area contributed by atoms with Gasteiger partial charge >= 0.3 is 5.97 Å². The fourth-order valence-electron chi connectivity index (χ4n) is 2.80. The molecule has 144 valence electrons. The maximum absolute atomic E-state index is 12.3. The summed E-state index contributed by atoms with van der Waals surface area (Å²) in [7, 11) is -3.76. The lowest BCUT2D eigenvalue weighted by Gasteiger charge is -2.16. The van der Waals surface area contributed by atoms with Crippen LogP contribution in [0, 0.1) is 18.8 Å². The first-order valence-corrected chi connectivity index (χ1v) is 10.2. The molecule has 1 heterocycles. The molecule has 1 N–H and O–H groups in total. The molecule has 0 amide bonds. The van der Waals surface area contributed by atoms with Crippen LogP contribution >= 0.6 is 0 Å². The maximum atomic E-state index is 12.3. The Morgan fingerprint density at radius 1 is 1.23 bits per heavy atom. The molecule has 2 rings (SSSR count). The highest BCUT2D eigenvalue weighted by Crippen LogP contribution is 2.26. The van der Waals surface area contributed by atoms with Crippen molar-refractivity contribution in [2.24, 2.45) is 11.8 Å². The summed E-state index contributed by atoms with van der Waals surface area (Å²) in [5, 5.41) is 8.59. The van der Waals surface area contributed by atoms with Gasteiger partial charge in [-0.15, -0.1) is 0 Å². The molecule has 0 unspecified atom stereocenters. The summed E-state index contributed by atoms with van der Waals surface area (Å²) in [5.74, 6) is -0.549. The first-order valence-electron chi connectivity index (χ1n) is 8.79. The van der Waals surface area contributed by atoms with E-state index in [4.69, 9.17) is 14.0 Å². The number of allylic oxidation sites excluding steroid dienone is 2. The van der Waals surface area contributed by atoms with Crippen LogP contribution in [0.1, 0.15) is 31.2 Å². The molecule has 0 spiro atoms. The van der Waals surface area contributed by atoms with Gasteiger partial charge in [0, 0.05) is 12.3 Å². The fraction of sp³-hybridized carbons (Fsp3) is 0.526. The summed E-state index contributed by atoms with van der Waals surface area (Å²) < 4.78 is 35.3. The van der Waals surface area contributed by atoms with Crippen molar-refractivity contribution >= 4 is 16.1 Å². The number of ether oxygens (including phenoxy) is 1. The summed E-state index contributed by atoms with van der Waals surface area (Å²) in [6.45, 7) is 3.07. The maximum Gasteiger partial charge on any atom is 0.303 e. The van der Waals surface area contributed by atoms with Crippen molar-refractivity contribution in [1.82, 2.24) is 0 Å². The molecule has 1 aliphatic heterocycles. The van der Waals surface area contributed by atoms with Crippen LogP contribution in [0.5, 0.6) is 0 Å². The van der Waals surface area contributed by atoms with Crippen molar-refractivity contribution in [2.75, 3.05) is 19.8 Å². The van der Waals surface area contributed by atoms with Crippen molar-refractivity contribution in [1.29, 1.82) is 0 Å². The minimum Gasteiger partial charge on any atom is -0.481 e. The van der Waals surface area contributed by atoms with Crippen LogP contribution in [-0.4, -0.2) is 39.3 Å². The molecule has 0 radical (unpaired) electrons. The first-order chi connectivity index (χ1) is 12.4.